The van der Waals surface area contributed by atoms with Crippen LogP contribution in [0.4, 0.5) is 5.69 Å². The summed E-state index contributed by atoms with van der Waals surface area (Å²) in [5.41, 5.74) is 2.45. The van der Waals surface area contributed by atoms with Gasteiger partial charge in [-0.1, -0.05) is 48.5 Å². The molecular weight excluding hydrogens is 426 g/mol. The fourth-order valence-electron chi connectivity index (χ4n) is 3.29. The number of sulfonamides is 1. The quantitative estimate of drug-likeness (QED) is 0.380. The van der Waals surface area contributed by atoms with Crippen LogP contribution in [0.2, 0.25) is 0 Å². The maximum absolute atomic E-state index is 12.6. The molecule has 0 amide bonds. The molecular formula is C25H27NO5S. The van der Waals surface area contributed by atoms with Crippen LogP contribution in [0.25, 0.3) is 0 Å². The second-order valence-corrected chi connectivity index (χ2v) is 9.10. The molecule has 2 N–H and O–H groups in total. The number of nitrogens with one attached hydrogen (secondary N) is 1. The molecule has 0 heterocycles. The molecule has 3 rings (SSSR count). The van der Waals surface area contributed by atoms with Gasteiger partial charge in [0, 0.05) is 6.42 Å². The molecule has 0 spiro atoms. The van der Waals surface area contributed by atoms with Gasteiger partial charge in [0.2, 0.25) is 0 Å². The lowest BCUT2D eigenvalue weighted by atomic mass is 10.1. The number of hydrogen-bond donors (Lipinski definition) is 2. The van der Waals surface area contributed by atoms with Crippen molar-refractivity contribution >= 4 is 21.7 Å². The molecule has 7 heteroatoms. The van der Waals surface area contributed by atoms with Gasteiger partial charge < -0.3 is 9.84 Å². The first-order valence-electron chi connectivity index (χ1n) is 10.5. The van der Waals surface area contributed by atoms with Crippen LogP contribution in [0, 0.1) is 0 Å². The molecule has 0 fully saturated rings. The third-order valence-electron chi connectivity index (χ3n) is 4.95. The summed E-state index contributed by atoms with van der Waals surface area (Å²) in [6, 6.07) is 23.2. The van der Waals surface area contributed by atoms with Crippen LogP contribution in [0.15, 0.2) is 83.8 Å². The van der Waals surface area contributed by atoms with E-state index in [9.17, 15) is 13.2 Å². The van der Waals surface area contributed by atoms with Gasteiger partial charge in [-0.3, -0.25) is 9.52 Å². The summed E-state index contributed by atoms with van der Waals surface area (Å²) in [4.78, 5) is 11.0. The minimum atomic E-state index is -3.63. The summed E-state index contributed by atoms with van der Waals surface area (Å²) in [5, 5.41) is 8.81. The van der Waals surface area contributed by atoms with E-state index in [2.05, 4.69) is 4.72 Å². The number of anilines is 1. The lowest BCUT2D eigenvalue weighted by Crippen LogP contribution is -2.14. The average Bonchev–Trinajstić information content (AvgIpc) is 2.79. The first-order valence-corrected chi connectivity index (χ1v) is 12.0. The van der Waals surface area contributed by atoms with Crippen molar-refractivity contribution in [2.45, 2.75) is 37.0 Å². The normalized spacial score (nSPS) is 11.1. The molecule has 3 aromatic rings. The lowest BCUT2D eigenvalue weighted by molar-refractivity contribution is -0.136. The molecule has 0 bridgehead atoms. The number of aryl methyl sites for hydroxylation is 2. The number of benzene rings is 3. The highest BCUT2D eigenvalue weighted by atomic mass is 32.2. The molecule has 32 heavy (non-hydrogen) atoms. The third kappa shape index (κ3) is 7.13. The zero-order valence-electron chi connectivity index (χ0n) is 17.7. The number of rotatable bonds is 12. The van der Waals surface area contributed by atoms with Crippen molar-refractivity contribution in [2.75, 3.05) is 11.3 Å². The van der Waals surface area contributed by atoms with Crippen molar-refractivity contribution in [3.05, 3.63) is 90.0 Å². The largest absolute Gasteiger partial charge is 0.494 e. The van der Waals surface area contributed by atoms with E-state index in [1.54, 1.807) is 36.4 Å². The van der Waals surface area contributed by atoms with E-state index in [0.717, 1.165) is 36.1 Å². The smallest absolute Gasteiger partial charge is 0.303 e. The van der Waals surface area contributed by atoms with Crippen molar-refractivity contribution in [3.63, 3.8) is 0 Å². The van der Waals surface area contributed by atoms with Crippen LogP contribution in [-0.2, 0) is 27.7 Å². The molecule has 0 radical (unpaired) electrons. The molecule has 6 nitrogen and oxygen atoms in total. The van der Waals surface area contributed by atoms with Gasteiger partial charge in [-0.25, -0.2) is 8.42 Å². The standard InChI is InChI=1S/C25H27NO5S/c27-25(28)17-16-20-9-8-12-22(19-20)31-18-7-6-11-21-10-4-5-15-24(21)26-32(29,30)23-13-2-1-3-14-23/h1-5,8-10,12-15,19,26H,6-7,11,16-18H2,(H,27,28). The number of unbranched alkanes of at least 4 members (excludes halogenated alkanes) is 1. The van der Waals surface area contributed by atoms with Crippen LogP contribution in [0.5, 0.6) is 5.75 Å². The first kappa shape index (κ1) is 23.3. The topological polar surface area (TPSA) is 92.7 Å². The third-order valence-corrected chi connectivity index (χ3v) is 6.33. The minimum Gasteiger partial charge on any atom is -0.494 e. The van der Waals surface area contributed by atoms with E-state index >= 15 is 0 Å². The number of carbonyl (C=O) groups is 1. The van der Waals surface area contributed by atoms with Gasteiger partial charge in [-0.2, -0.15) is 0 Å². The van der Waals surface area contributed by atoms with E-state index < -0.39 is 16.0 Å². The summed E-state index contributed by atoms with van der Waals surface area (Å²) in [5.74, 6) is -0.0911. The molecule has 0 aliphatic carbocycles. The number of carboxylic acids is 1. The molecule has 168 valence electrons. The molecule has 0 aliphatic rings. The monoisotopic (exact) mass is 453 g/mol. The van der Waals surface area contributed by atoms with Crippen LogP contribution >= 0.6 is 0 Å². The van der Waals surface area contributed by atoms with Crippen LogP contribution in [0.3, 0.4) is 0 Å². The van der Waals surface area contributed by atoms with E-state index in [0.29, 0.717) is 18.7 Å². The number of ether oxygens (including phenoxy) is 1. The van der Waals surface area contributed by atoms with Gasteiger partial charge in [0.25, 0.3) is 10.0 Å². The molecule has 0 saturated heterocycles. The Bertz CT molecular complexity index is 1130. The van der Waals surface area contributed by atoms with Gasteiger partial charge in [0.15, 0.2) is 0 Å². The van der Waals surface area contributed by atoms with Gasteiger partial charge >= 0.3 is 5.97 Å². The van der Waals surface area contributed by atoms with E-state index in [1.165, 1.54) is 0 Å². The van der Waals surface area contributed by atoms with E-state index in [-0.39, 0.29) is 11.3 Å². The molecule has 0 aliphatic heterocycles. The number of aliphatic carboxylic acids is 1. The fraction of sp³-hybridized carbons (Fsp3) is 0.240. The SMILES string of the molecule is O=C(O)CCc1cccc(OCCCCc2ccccc2NS(=O)(=O)c2ccccc2)c1. The zero-order chi connectivity index (χ0) is 22.8. The van der Waals surface area contributed by atoms with Crippen molar-refractivity contribution in [1.82, 2.24) is 0 Å². The highest BCUT2D eigenvalue weighted by molar-refractivity contribution is 7.92. The Hall–Kier alpha value is -3.32. The zero-order valence-corrected chi connectivity index (χ0v) is 18.6. The van der Waals surface area contributed by atoms with Gasteiger partial charge in [0.05, 0.1) is 17.2 Å². The highest BCUT2D eigenvalue weighted by Crippen LogP contribution is 2.22. The summed E-state index contributed by atoms with van der Waals surface area (Å²) < 4.78 is 33.8. The summed E-state index contributed by atoms with van der Waals surface area (Å²) in [6.45, 7) is 0.528. The summed E-state index contributed by atoms with van der Waals surface area (Å²) in [6.07, 6.45) is 2.93. The Labute approximate surface area is 188 Å². The Morgan fingerprint density at radius 1 is 0.875 bits per heavy atom. The van der Waals surface area contributed by atoms with Crippen LogP contribution in [-0.4, -0.2) is 26.1 Å². The van der Waals surface area contributed by atoms with Crippen LogP contribution < -0.4 is 9.46 Å². The number of para-hydroxylation sites is 1. The molecule has 3 aromatic carbocycles. The first-order chi connectivity index (χ1) is 15.4. The Kier molecular flexibility index (Phi) is 8.27. The van der Waals surface area contributed by atoms with Crippen molar-refractivity contribution in [2.24, 2.45) is 0 Å². The number of hydrogen-bond acceptors (Lipinski definition) is 4. The Morgan fingerprint density at radius 2 is 1.62 bits per heavy atom. The molecule has 0 saturated carbocycles. The Balaban J connectivity index is 1.50. The van der Waals surface area contributed by atoms with Crippen molar-refractivity contribution < 1.29 is 23.1 Å². The predicted octanol–water partition coefficient (Wildman–Crippen LogP) is 4.91. The van der Waals surface area contributed by atoms with Gasteiger partial charge in [-0.05, 0) is 67.1 Å². The minimum absolute atomic E-state index is 0.0941. The fourth-order valence-corrected chi connectivity index (χ4v) is 4.41. The molecule has 0 atom stereocenters. The van der Waals surface area contributed by atoms with Crippen LogP contribution in [0.1, 0.15) is 30.4 Å². The second-order valence-electron chi connectivity index (χ2n) is 7.42. The average molecular weight is 454 g/mol. The maximum Gasteiger partial charge on any atom is 0.303 e. The lowest BCUT2D eigenvalue weighted by Gasteiger charge is -2.13. The van der Waals surface area contributed by atoms with Gasteiger partial charge in [-0.15, -0.1) is 0 Å². The summed E-state index contributed by atoms with van der Waals surface area (Å²) in [7, 11) is -3.63. The molecule has 0 aromatic heterocycles. The summed E-state index contributed by atoms with van der Waals surface area (Å²) >= 11 is 0. The number of carboxylic acid groups (broad SMARTS) is 1. The highest BCUT2D eigenvalue weighted by Gasteiger charge is 2.15. The maximum atomic E-state index is 12.6. The Morgan fingerprint density at radius 3 is 2.41 bits per heavy atom. The van der Waals surface area contributed by atoms with Crippen molar-refractivity contribution in [3.8, 4) is 5.75 Å². The van der Waals surface area contributed by atoms with E-state index in [4.69, 9.17) is 9.84 Å². The second kappa shape index (κ2) is 11.3. The van der Waals surface area contributed by atoms with E-state index in [1.807, 2.05) is 42.5 Å². The molecule has 0 unspecified atom stereocenters. The predicted molar refractivity (Wildman–Crippen MR) is 125 cm³/mol. The van der Waals surface area contributed by atoms with Crippen molar-refractivity contribution in [1.29, 1.82) is 0 Å². The van der Waals surface area contributed by atoms with Gasteiger partial charge in [0.1, 0.15) is 5.75 Å².